The van der Waals surface area contributed by atoms with Gasteiger partial charge in [-0.15, -0.1) is 0 Å². The predicted octanol–water partition coefficient (Wildman–Crippen LogP) is 4.39. The highest BCUT2D eigenvalue weighted by molar-refractivity contribution is 5.89. The van der Waals surface area contributed by atoms with Gasteiger partial charge in [0.25, 0.3) is 0 Å². The summed E-state index contributed by atoms with van der Waals surface area (Å²) in [4.78, 5) is 3.95. The average molecular weight is 418 g/mol. The molecule has 0 fully saturated rings. The third-order valence-electron chi connectivity index (χ3n) is 4.49. The number of benzene rings is 1. The lowest BCUT2D eigenvalue weighted by molar-refractivity contribution is -0.136. The number of hydrogen-bond donors (Lipinski definition) is 0. The molecule has 0 radical (unpaired) electrons. The Kier molecular flexibility index (Phi) is 5.27. The number of hydrogen-bond acceptors (Lipinski definition) is 6. The van der Waals surface area contributed by atoms with E-state index in [9.17, 15) is 13.2 Å². The molecule has 7 nitrogen and oxygen atoms in total. The zero-order valence-electron chi connectivity index (χ0n) is 16.1. The molecule has 4 rings (SSSR count). The fraction of sp³-hybridized carbons (Fsp3) is 0.250. The van der Waals surface area contributed by atoms with Gasteiger partial charge in [-0.2, -0.15) is 18.3 Å². The van der Waals surface area contributed by atoms with Crippen molar-refractivity contribution in [2.24, 2.45) is 0 Å². The van der Waals surface area contributed by atoms with Gasteiger partial charge in [-0.05, 0) is 12.1 Å². The van der Waals surface area contributed by atoms with Gasteiger partial charge in [-0.25, -0.2) is 4.68 Å². The first kappa shape index (κ1) is 20.0. The third kappa shape index (κ3) is 3.66. The molecular weight excluding hydrogens is 401 g/mol. The summed E-state index contributed by atoms with van der Waals surface area (Å²) in [5.74, 6) is 0.535. The van der Waals surface area contributed by atoms with Crippen LogP contribution in [0, 0.1) is 0 Å². The van der Waals surface area contributed by atoms with Crippen LogP contribution in [0.4, 0.5) is 13.2 Å². The largest absolute Gasteiger partial charge is 0.418 e. The number of nitrogens with zero attached hydrogens (tertiary/aromatic N) is 4. The van der Waals surface area contributed by atoms with Crippen LogP contribution in [-0.2, 0) is 28.9 Å². The number of methoxy groups -OCH3 is 2. The fourth-order valence-corrected chi connectivity index (χ4v) is 3.23. The van der Waals surface area contributed by atoms with E-state index in [1.54, 1.807) is 31.5 Å². The summed E-state index contributed by atoms with van der Waals surface area (Å²) in [6.45, 7) is 0.446. The summed E-state index contributed by atoms with van der Waals surface area (Å²) >= 11 is 0. The van der Waals surface area contributed by atoms with Gasteiger partial charge in [0, 0.05) is 43.6 Å². The first-order valence-corrected chi connectivity index (χ1v) is 8.90. The average Bonchev–Trinajstić information content (AvgIpc) is 3.34. The van der Waals surface area contributed by atoms with Gasteiger partial charge in [-0.3, -0.25) is 4.98 Å². The Morgan fingerprint density at radius 1 is 1.10 bits per heavy atom. The fourth-order valence-electron chi connectivity index (χ4n) is 3.23. The second-order valence-electron chi connectivity index (χ2n) is 6.51. The number of pyridine rings is 1. The van der Waals surface area contributed by atoms with E-state index >= 15 is 0 Å². The van der Waals surface area contributed by atoms with Crippen molar-refractivity contribution in [1.82, 2.24) is 19.9 Å². The van der Waals surface area contributed by atoms with Crippen molar-refractivity contribution in [1.29, 1.82) is 0 Å². The van der Waals surface area contributed by atoms with E-state index in [1.165, 1.54) is 24.1 Å². The summed E-state index contributed by atoms with van der Waals surface area (Å²) in [7, 11) is 3.07. The lowest BCUT2D eigenvalue weighted by Gasteiger charge is -2.12. The van der Waals surface area contributed by atoms with Crippen LogP contribution in [0.25, 0.3) is 27.8 Å². The Balaban J connectivity index is 1.86. The minimum Gasteiger partial charge on any atom is -0.378 e. The minimum atomic E-state index is -4.51. The Labute approximate surface area is 169 Å². The second kappa shape index (κ2) is 7.88. The number of para-hydroxylation sites is 1. The standard InChI is InChI=1S/C20H17F3N4O3/c1-28-10-12-8-16(26-30-12)14-9-27(25-17(14)11-29-2)18-6-7-24-19-13(18)4-3-5-15(19)20(21,22)23/h3-9H,10-11H2,1-2H3. The van der Waals surface area contributed by atoms with Crippen LogP contribution >= 0.6 is 0 Å². The Bertz CT molecular complexity index is 1180. The molecule has 4 aromatic rings. The molecule has 0 aliphatic rings. The molecule has 3 heterocycles. The van der Waals surface area contributed by atoms with Crippen LogP contribution in [0.2, 0.25) is 0 Å². The van der Waals surface area contributed by atoms with Gasteiger partial charge in [-0.1, -0.05) is 17.3 Å². The molecule has 0 atom stereocenters. The van der Waals surface area contributed by atoms with Gasteiger partial charge < -0.3 is 14.0 Å². The first-order chi connectivity index (χ1) is 14.4. The number of ether oxygens (including phenoxy) is 2. The van der Waals surface area contributed by atoms with Crippen molar-refractivity contribution in [2.45, 2.75) is 19.4 Å². The van der Waals surface area contributed by atoms with Gasteiger partial charge in [0.1, 0.15) is 12.3 Å². The van der Waals surface area contributed by atoms with Crippen molar-refractivity contribution >= 4 is 10.9 Å². The zero-order chi connectivity index (χ0) is 21.3. The minimum absolute atomic E-state index is 0.142. The number of rotatable bonds is 6. The topological polar surface area (TPSA) is 75.2 Å². The lowest BCUT2D eigenvalue weighted by atomic mass is 10.1. The van der Waals surface area contributed by atoms with Gasteiger partial charge in [0.2, 0.25) is 0 Å². The van der Waals surface area contributed by atoms with Crippen molar-refractivity contribution in [3.05, 3.63) is 59.7 Å². The van der Waals surface area contributed by atoms with Crippen molar-refractivity contribution in [2.75, 3.05) is 14.2 Å². The summed E-state index contributed by atoms with van der Waals surface area (Å²) < 4.78 is 57.2. The molecular formula is C20H17F3N4O3. The summed E-state index contributed by atoms with van der Waals surface area (Å²) in [6.07, 6.45) is -1.51. The molecule has 3 aromatic heterocycles. The Hall–Kier alpha value is -3.24. The summed E-state index contributed by atoms with van der Waals surface area (Å²) in [5, 5.41) is 8.88. The number of aromatic nitrogens is 4. The molecule has 0 aliphatic heterocycles. The van der Waals surface area contributed by atoms with E-state index in [2.05, 4.69) is 15.2 Å². The van der Waals surface area contributed by atoms with Gasteiger partial charge in [0.05, 0.1) is 29.1 Å². The third-order valence-corrected chi connectivity index (χ3v) is 4.49. The van der Waals surface area contributed by atoms with Gasteiger partial charge in [0.15, 0.2) is 5.76 Å². The predicted molar refractivity (Wildman–Crippen MR) is 101 cm³/mol. The maximum absolute atomic E-state index is 13.4. The Morgan fingerprint density at radius 2 is 1.90 bits per heavy atom. The van der Waals surface area contributed by atoms with Crippen LogP contribution in [-0.4, -0.2) is 34.1 Å². The van der Waals surface area contributed by atoms with Crippen LogP contribution in [0.15, 0.2) is 47.2 Å². The smallest absolute Gasteiger partial charge is 0.378 e. The molecule has 0 bridgehead atoms. The first-order valence-electron chi connectivity index (χ1n) is 8.90. The second-order valence-corrected chi connectivity index (χ2v) is 6.51. The highest BCUT2D eigenvalue weighted by Gasteiger charge is 2.33. The Morgan fingerprint density at radius 3 is 2.63 bits per heavy atom. The van der Waals surface area contributed by atoms with E-state index in [1.807, 2.05) is 0 Å². The van der Waals surface area contributed by atoms with E-state index in [0.717, 1.165) is 6.07 Å². The van der Waals surface area contributed by atoms with Crippen molar-refractivity contribution in [3.8, 4) is 16.9 Å². The summed E-state index contributed by atoms with van der Waals surface area (Å²) in [6, 6.07) is 7.27. The molecule has 0 unspecified atom stereocenters. The van der Waals surface area contributed by atoms with Crippen LogP contribution in [0.5, 0.6) is 0 Å². The molecule has 0 aliphatic carbocycles. The van der Waals surface area contributed by atoms with E-state index in [4.69, 9.17) is 14.0 Å². The number of fused-ring (bicyclic) bond motifs is 1. The molecule has 10 heteroatoms. The maximum Gasteiger partial charge on any atom is 0.418 e. The number of alkyl halides is 3. The summed E-state index contributed by atoms with van der Waals surface area (Å²) in [5.41, 5.74) is 1.24. The molecule has 0 saturated carbocycles. The normalized spacial score (nSPS) is 12.0. The molecule has 1 aromatic carbocycles. The van der Waals surface area contributed by atoms with Crippen molar-refractivity contribution in [3.63, 3.8) is 0 Å². The highest BCUT2D eigenvalue weighted by Crippen LogP contribution is 2.35. The monoisotopic (exact) mass is 418 g/mol. The van der Waals surface area contributed by atoms with Crippen molar-refractivity contribution < 1.29 is 27.2 Å². The van der Waals surface area contributed by atoms with Crippen LogP contribution in [0.3, 0.4) is 0 Å². The molecule has 156 valence electrons. The molecule has 0 N–H and O–H groups in total. The highest BCUT2D eigenvalue weighted by atomic mass is 19.4. The number of halogens is 3. The zero-order valence-corrected chi connectivity index (χ0v) is 16.1. The molecule has 30 heavy (non-hydrogen) atoms. The SMILES string of the molecule is COCc1cc(-c2cn(-c3ccnc4c(C(F)(F)F)cccc34)nc2COC)no1. The van der Waals surface area contributed by atoms with E-state index < -0.39 is 11.7 Å². The molecule has 0 amide bonds. The maximum atomic E-state index is 13.4. The molecule has 0 saturated heterocycles. The lowest BCUT2D eigenvalue weighted by Crippen LogP contribution is -2.07. The van der Waals surface area contributed by atoms with Gasteiger partial charge >= 0.3 is 6.18 Å². The van der Waals surface area contributed by atoms with Crippen LogP contribution < -0.4 is 0 Å². The van der Waals surface area contributed by atoms with E-state index in [-0.39, 0.29) is 18.7 Å². The molecule has 0 spiro atoms. The quantitative estimate of drug-likeness (QED) is 0.462. The van der Waals surface area contributed by atoms with E-state index in [0.29, 0.717) is 33.8 Å². The van der Waals surface area contributed by atoms with Crippen LogP contribution in [0.1, 0.15) is 17.0 Å².